The zero-order valence-corrected chi connectivity index (χ0v) is 6.25. The van der Waals surface area contributed by atoms with E-state index in [1.54, 1.807) is 24.3 Å². The first-order valence-corrected chi connectivity index (χ1v) is 3.32. The van der Waals surface area contributed by atoms with Gasteiger partial charge >= 0.3 is 5.69 Å². The molecule has 0 fully saturated rings. The second kappa shape index (κ2) is 3.96. The molecule has 5 heteroatoms. The van der Waals surface area contributed by atoms with Gasteiger partial charge in [0.1, 0.15) is 0 Å². The van der Waals surface area contributed by atoms with E-state index in [1.165, 1.54) is 0 Å². The smallest absolute Gasteiger partial charge is 0.0890 e. The van der Waals surface area contributed by atoms with Crippen molar-refractivity contribution >= 4 is 5.69 Å². The highest BCUT2D eigenvalue weighted by Crippen LogP contribution is 2.18. The quantitative estimate of drug-likeness (QED) is 0.283. The topological polar surface area (TPSA) is 76.9 Å². The zero-order valence-electron chi connectivity index (χ0n) is 6.25. The minimum Gasteiger partial charge on any atom is -0.0890 e. The number of hydrogen-bond donors (Lipinski definition) is 0. The average molecular weight is 160 g/mol. The van der Waals surface area contributed by atoms with Crippen LogP contribution in [0, 0.1) is 5.39 Å². The molecule has 0 bridgehead atoms. The molecule has 0 radical (unpaired) electrons. The third-order valence-electron chi connectivity index (χ3n) is 1.40. The number of hydrogen-bond acceptors (Lipinski definition) is 2. The van der Waals surface area contributed by atoms with Crippen molar-refractivity contribution in [1.29, 1.82) is 5.39 Å². The Morgan fingerprint density at radius 1 is 1.42 bits per heavy atom. The maximum absolute atomic E-state index is 8.51. The lowest BCUT2D eigenvalue weighted by molar-refractivity contribution is 1.05. The first kappa shape index (κ1) is 8.05. The van der Waals surface area contributed by atoms with Crippen LogP contribution < -0.4 is 0 Å². The van der Waals surface area contributed by atoms with E-state index in [0.29, 0.717) is 11.3 Å². The van der Waals surface area contributed by atoms with E-state index >= 15 is 0 Å². The van der Waals surface area contributed by atoms with Gasteiger partial charge in [0.05, 0.1) is 12.1 Å². The maximum Gasteiger partial charge on any atom is 0.388 e. The van der Waals surface area contributed by atoms with Gasteiger partial charge in [0.15, 0.2) is 4.98 Å². The van der Waals surface area contributed by atoms with Crippen LogP contribution in [0.4, 0.5) is 5.69 Å². The highest BCUT2D eigenvalue weighted by atomic mass is 15.1. The van der Waals surface area contributed by atoms with E-state index in [-0.39, 0.29) is 6.54 Å². The summed E-state index contributed by atoms with van der Waals surface area (Å²) in [6.45, 7) is 0.205. The first-order valence-electron chi connectivity index (χ1n) is 3.32. The molecule has 0 aliphatic rings. The molecular weight excluding hydrogens is 154 g/mol. The van der Waals surface area contributed by atoms with Gasteiger partial charge in [-0.2, -0.15) is 0 Å². The highest BCUT2D eigenvalue weighted by Gasteiger charge is 2.09. The average Bonchev–Trinajstić information content (AvgIpc) is 2.15. The largest absolute Gasteiger partial charge is 0.388 e. The molecule has 1 rings (SSSR count). The number of benzene rings is 1. The molecule has 1 aromatic rings. The summed E-state index contributed by atoms with van der Waals surface area (Å²) in [5, 5.41) is 11.9. The normalized spacial score (nSPS) is 8.25. The summed E-state index contributed by atoms with van der Waals surface area (Å²) in [4.78, 5) is 5.65. The number of azide groups is 1. The molecule has 0 unspecified atom stereocenters. The number of nitrogens with zero attached hydrogens (tertiary/aromatic N) is 5. The van der Waals surface area contributed by atoms with E-state index < -0.39 is 0 Å². The SMILES string of the molecule is N#[N+]c1ccccc1CN=[N+]=[N-]. The molecule has 0 saturated carbocycles. The second-order valence-electron chi connectivity index (χ2n) is 2.12. The van der Waals surface area contributed by atoms with Crippen LogP contribution in [0.2, 0.25) is 0 Å². The molecule has 12 heavy (non-hydrogen) atoms. The van der Waals surface area contributed by atoms with E-state index in [2.05, 4.69) is 15.0 Å². The predicted molar refractivity (Wildman–Crippen MR) is 44.0 cm³/mol. The van der Waals surface area contributed by atoms with Crippen LogP contribution in [-0.2, 0) is 6.54 Å². The molecule has 0 heterocycles. The molecule has 0 aliphatic carbocycles. The molecule has 5 nitrogen and oxygen atoms in total. The van der Waals surface area contributed by atoms with Gasteiger partial charge in [0.25, 0.3) is 0 Å². The van der Waals surface area contributed by atoms with E-state index in [9.17, 15) is 0 Å². The Morgan fingerprint density at radius 3 is 2.83 bits per heavy atom. The van der Waals surface area contributed by atoms with Crippen LogP contribution >= 0.6 is 0 Å². The lowest BCUT2D eigenvalue weighted by Crippen LogP contribution is -1.78. The van der Waals surface area contributed by atoms with Gasteiger partial charge in [-0.05, 0) is 5.53 Å². The molecule has 0 saturated heterocycles. The lowest BCUT2D eigenvalue weighted by atomic mass is 10.2. The van der Waals surface area contributed by atoms with Crippen LogP contribution in [0.15, 0.2) is 29.4 Å². The van der Waals surface area contributed by atoms with Gasteiger partial charge in [0.2, 0.25) is 5.39 Å². The van der Waals surface area contributed by atoms with Gasteiger partial charge < -0.3 is 0 Å². The fraction of sp³-hybridized carbons (Fsp3) is 0.143. The van der Waals surface area contributed by atoms with Crippen molar-refractivity contribution in [3.05, 3.63) is 45.2 Å². The Hall–Kier alpha value is -2.05. The summed E-state index contributed by atoms with van der Waals surface area (Å²) in [5.41, 5.74) is 9.20. The molecule has 0 atom stereocenters. The summed E-state index contributed by atoms with van der Waals surface area (Å²) in [6, 6.07) is 6.91. The van der Waals surface area contributed by atoms with E-state index in [4.69, 9.17) is 10.9 Å². The molecule has 1 aromatic carbocycles. The van der Waals surface area contributed by atoms with E-state index in [1.807, 2.05) is 0 Å². The summed E-state index contributed by atoms with van der Waals surface area (Å²) in [7, 11) is 0. The Bertz CT molecular complexity index is 358. The second-order valence-corrected chi connectivity index (χ2v) is 2.12. The molecule has 0 aromatic heterocycles. The van der Waals surface area contributed by atoms with Crippen molar-refractivity contribution in [2.45, 2.75) is 6.54 Å². The molecule has 0 amide bonds. The Kier molecular flexibility index (Phi) is 2.66. The van der Waals surface area contributed by atoms with Crippen molar-refractivity contribution in [2.75, 3.05) is 0 Å². The minimum atomic E-state index is 0.205. The standard InChI is InChI=1S/C7H6N5/c8-11-7-4-2-1-3-6(7)5-10-12-9/h1-4H,5H2/q+1. The van der Waals surface area contributed by atoms with Crippen LogP contribution in [0.1, 0.15) is 5.56 Å². The summed E-state index contributed by atoms with van der Waals surface area (Å²) in [6.07, 6.45) is 0. The minimum absolute atomic E-state index is 0.205. The molecular formula is C7H6N5+. The van der Waals surface area contributed by atoms with E-state index in [0.717, 1.165) is 0 Å². The summed E-state index contributed by atoms with van der Waals surface area (Å²) < 4.78 is 0. The van der Waals surface area contributed by atoms with Gasteiger partial charge in [-0.3, -0.25) is 0 Å². The van der Waals surface area contributed by atoms with Crippen LogP contribution in [-0.4, -0.2) is 0 Å². The van der Waals surface area contributed by atoms with Crippen LogP contribution in [0.25, 0.3) is 15.4 Å². The van der Waals surface area contributed by atoms with Crippen molar-refractivity contribution in [3.8, 4) is 0 Å². The zero-order chi connectivity index (χ0) is 8.81. The molecule has 0 spiro atoms. The summed E-state index contributed by atoms with van der Waals surface area (Å²) >= 11 is 0. The van der Waals surface area contributed by atoms with Gasteiger partial charge in [0, 0.05) is 11.0 Å². The third kappa shape index (κ3) is 1.72. The third-order valence-corrected chi connectivity index (χ3v) is 1.40. The monoisotopic (exact) mass is 160 g/mol. The number of rotatable bonds is 2. The Morgan fingerprint density at radius 2 is 2.17 bits per heavy atom. The molecule has 0 N–H and O–H groups in total. The Balaban J connectivity index is 2.98. The van der Waals surface area contributed by atoms with Gasteiger partial charge in [-0.1, -0.05) is 23.3 Å². The van der Waals surface area contributed by atoms with Crippen molar-refractivity contribution < 1.29 is 0 Å². The number of diazo groups is 1. The predicted octanol–water partition coefficient (Wildman–Crippen LogP) is 2.98. The fourth-order valence-electron chi connectivity index (χ4n) is 0.850. The van der Waals surface area contributed by atoms with Crippen LogP contribution in [0.3, 0.4) is 0 Å². The first-order chi connectivity index (χ1) is 5.88. The Labute approximate surface area is 68.9 Å². The molecule has 0 aliphatic heterocycles. The molecule has 58 valence electrons. The van der Waals surface area contributed by atoms with Crippen molar-refractivity contribution in [3.63, 3.8) is 0 Å². The fourth-order valence-corrected chi connectivity index (χ4v) is 0.850. The van der Waals surface area contributed by atoms with Crippen molar-refractivity contribution in [1.82, 2.24) is 0 Å². The van der Waals surface area contributed by atoms with Gasteiger partial charge in [-0.15, -0.1) is 0 Å². The lowest BCUT2D eigenvalue weighted by Gasteiger charge is -1.87. The maximum atomic E-state index is 8.51. The van der Waals surface area contributed by atoms with Crippen LogP contribution in [0.5, 0.6) is 0 Å². The highest BCUT2D eigenvalue weighted by molar-refractivity contribution is 5.51. The summed E-state index contributed by atoms with van der Waals surface area (Å²) in [5.74, 6) is 0. The van der Waals surface area contributed by atoms with Gasteiger partial charge in [-0.25, -0.2) is 0 Å². The van der Waals surface area contributed by atoms with Crippen molar-refractivity contribution in [2.24, 2.45) is 5.11 Å².